The maximum atomic E-state index is 11.5. The molecule has 0 aromatic rings. The van der Waals surface area contributed by atoms with Crippen LogP contribution in [-0.4, -0.2) is 44.5 Å². The molecule has 0 aliphatic carbocycles. The summed E-state index contributed by atoms with van der Waals surface area (Å²) in [6.45, 7) is 3.31. The summed E-state index contributed by atoms with van der Waals surface area (Å²) in [6, 6.07) is 0. The van der Waals surface area contributed by atoms with Crippen LogP contribution in [0, 0.1) is 0 Å². The summed E-state index contributed by atoms with van der Waals surface area (Å²) < 4.78 is 29.7. The highest BCUT2D eigenvalue weighted by Crippen LogP contribution is 2.07. The smallest absolute Gasteiger partial charge is 0.305 e. The van der Waals surface area contributed by atoms with Crippen molar-refractivity contribution in [2.75, 3.05) is 19.4 Å². The number of hydrogen-bond donors (Lipinski definition) is 2. The van der Waals surface area contributed by atoms with E-state index >= 15 is 0 Å². The Hall–Kier alpha value is -0.660. The molecule has 0 radical (unpaired) electrons. The van der Waals surface area contributed by atoms with Crippen molar-refractivity contribution in [1.29, 1.82) is 0 Å². The van der Waals surface area contributed by atoms with Crippen LogP contribution in [0.2, 0.25) is 0 Å². The van der Waals surface area contributed by atoms with Gasteiger partial charge in [0.25, 0.3) is 0 Å². The molecule has 0 rings (SSSR count). The van der Waals surface area contributed by atoms with Gasteiger partial charge in [-0.2, -0.15) is 0 Å². The van der Waals surface area contributed by atoms with Gasteiger partial charge >= 0.3 is 5.97 Å². The van der Waals surface area contributed by atoms with E-state index in [1.807, 2.05) is 0 Å². The number of rotatable bonds is 8. The van der Waals surface area contributed by atoms with E-state index in [0.717, 1.165) is 0 Å². The van der Waals surface area contributed by atoms with Crippen molar-refractivity contribution in [2.24, 2.45) is 0 Å². The fourth-order valence-corrected chi connectivity index (χ4v) is 2.17. The van der Waals surface area contributed by atoms with Gasteiger partial charge in [0.05, 0.1) is 18.5 Å². The van der Waals surface area contributed by atoms with Crippen LogP contribution < -0.4 is 4.72 Å². The highest BCUT2D eigenvalue weighted by molar-refractivity contribution is 7.89. The predicted molar refractivity (Wildman–Crippen MR) is 64.0 cm³/mol. The molecule has 0 fully saturated rings. The zero-order valence-electron chi connectivity index (χ0n) is 10.5. The summed E-state index contributed by atoms with van der Waals surface area (Å²) in [5, 5.41) is 9.64. The van der Waals surface area contributed by atoms with Crippen LogP contribution in [0.1, 0.15) is 33.1 Å². The topological polar surface area (TPSA) is 92.7 Å². The van der Waals surface area contributed by atoms with Gasteiger partial charge in [-0.1, -0.05) is 6.92 Å². The van der Waals surface area contributed by atoms with E-state index in [2.05, 4.69) is 9.46 Å². The minimum atomic E-state index is -3.45. The molecular weight excluding hydrogens is 246 g/mol. The first kappa shape index (κ1) is 16.3. The van der Waals surface area contributed by atoms with Crippen LogP contribution in [-0.2, 0) is 19.6 Å². The van der Waals surface area contributed by atoms with Crippen molar-refractivity contribution < 1.29 is 23.1 Å². The lowest BCUT2D eigenvalue weighted by Gasteiger charge is -2.21. The van der Waals surface area contributed by atoms with Gasteiger partial charge in [-0.25, -0.2) is 13.1 Å². The summed E-state index contributed by atoms with van der Waals surface area (Å²) in [7, 11) is -2.19. The molecule has 2 N–H and O–H groups in total. The lowest BCUT2D eigenvalue weighted by Crippen LogP contribution is -2.40. The molecule has 0 amide bonds. The third-order valence-electron chi connectivity index (χ3n) is 2.46. The van der Waals surface area contributed by atoms with Gasteiger partial charge in [0, 0.05) is 13.0 Å². The van der Waals surface area contributed by atoms with Crippen molar-refractivity contribution in [1.82, 2.24) is 4.72 Å². The number of ether oxygens (including phenoxy) is 1. The normalized spacial score (nSPS) is 15.3. The standard InChI is InChI=1S/C10H21NO5S/c1-4-10(2,13)8-11-17(14,15)7-5-6-9(12)16-3/h11,13H,4-8H2,1-3H3. The number of sulfonamides is 1. The molecule has 0 spiro atoms. The molecule has 0 heterocycles. The monoisotopic (exact) mass is 267 g/mol. The Balaban J connectivity index is 4.01. The maximum Gasteiger partial charge on any atom is 0.305 e. The minimum Gasteiger partial charge on any atom is -0.469 e. The van der Waals surface area contributed by atoms with Crippen LogP contribution in [0.3, 0.4) is 0 Å². The van der Waals surface area contributed by atoms with Gasteiger partial charge in [0.1, 0.15) is 0 Å². The molecule has 0 saturated heterocycles. The average Bonchev–Trinajstić information content (AvgIpc) is 2.26. The van der Waals surface area contributed by atoms with Crippen LogP contribution in [0.15, 0.2) is 0 Å². The number of methoxy groups -OCH3 is 1. The van der Waals surface area contributed by atoms with Crippen molar-refractivity contribution in [3.63, 3.8) is 0 Å². The summed E-state index contributed by atoms with van der Waals surface area (Å²) in [4.78, 5) is 10.8. The van der Waals surface area contributed by atoms with Crippen LogP contribution in [0.4, 0.5) is 0 Å². The molecule has 7 heteroatoms. The summed E-state index contributed by atoms with van der Waals surface area (Å²) >= 11 is 0. The third kappa shape index (κ3) is 8.12. The van der Waals surface area contributed by atoms with Crippen LogP contribution in [0.25, 0.3) is 0 Å². The van der Waals surface area contributed by atoms with Crippen LogP contribution in [0.5, 0.6) is 0 Å². The average molecular weight is 267 g/mol. The number of aliphatic hydroxyl groups is 1. The molecular formula is C10H21NO5S. The summed E-state index contributed by atoms with van der Waals surface area (Å²) in [5.74, 6) is -0.581. The third-order valence-corrected chi connectivity index (χ3v) is 3.87. The number of nitrogens with one attached hydrogen (secondary N) is 1. The Morgan fingerprint density at radius 1 is 1.47 bits per heavy atom. The molecule has 1 atom stereocenters. The molecule has 0 aromatic heterocycles. The van der Waals surface area contributed by atoms with Crippen molar-refractivity contribution >= 4 is 16.0 Å². The Kier molecular flexibility index (Phi) is 6.66. The van der Waals surface area contributed by atoms with E-state index in [0.29, 0.717) is 6.42 Å². The largest absolute Gasteiger partial charge is 0.469 e. The molecule has 1 unspecified atom stereocenters. The minimum absolute atomic E-state index is 0.0238. The molecule has 0 bridgehead atoms. The number of carbonyl (C=O) groups is 1. The Morgan fingerprint density at radius 3 is 2.53 bits per heavy atom. The van der Waals surface area contributed by atoms with Gasteiger partial charge in [-0.05, 0) is 19.8 Å². The predicted octanol–water partition coefficient (Wildman–Crippen LogP) is 0.0200. The molecule has 17 heavy (non-hydrogen) atoms. The van der Waals surface area contributed by atoms with E-state index in [9.17, 15) is 18.3 Å². The van der Waals surface area contributed by atoms with E-state index in [4.69, 9.17) is 0 Å². The van der Waals surface area contributed by atoms with E-state index in [-0.39, 0.29) is 25.1 Å². The first-order chi connectivity index (χ1) is 7.72. The van der Waals surface area contributed by atoms with Gasteiger partial charge in [0.15, 0.2) is 0 Å². The molecule has 102 valence electrons. The zero-order chi connectivity index (χ0) is 13.5. The lowest BCUT2D eigenvalue weighted by molar-refractivity contribution is -0.140. The summed E-state index contributed by atoms with van der Waals surface area (Å²) in [5.41, 5.74) is -1.05. The van der Waals surface area contributed by atoms with Crippen molar-refractivity contribution in [3.05, 3.63) is 0 Å². The van der Waals surface area contributed by atoms with Gasteiger partial charge in [0.2, 0.25) is 10.0 Å². The Labute approximate surface area is 102 Å². The maximum absolute atomic E-state index is 11.5. The summed E-state index contributed by atoms with van der Waals surface area (Å²) in [6.07, 6.45) is 0.732. The Bertz CT molecular complexity index is 337. The lowest BCUT2D eigenvalue weighted by atomic mass is 10.1. The quantitative estimate of drug-likeness (QED) is 0.605. The number of esters is 1. The molecule has 0 aromatic carbocycles. The fraction of sp³-hybridized carbons (Fsp3) is 0.900. The highest BCUT2D eigenvalue weighted by Gasteiger charge is 2.21. The second-order valence-electron chi connectivity index (χ2n) is 4.17. The fourth-order valence-electron chi connectivity index (χ4n) is 0.971. The zero-order valence-corrected chi connectivity index (χ0v) is 11.3. The Morgan fingerprint density at radius 2 is 2.06 bits per heavy atom. The SMILES string of the molecule is CCC(C)(O)CNS(=O)(=O)CCCC(=O)OC. The van der Waals surface area contributed by atoms with Gasteiger partial charge in [-0.15, -0.1) is 0 Å². The molecule has 6 nitrogen and oxygen atoms in total. The number of hydrogen-bond acceptors (Lipinski definition) is 5. The van der Waals surface area contributed by atoms with Crippen LogP contribution >= 0.6 is 0 Å². The van der Waals surface area contributed by atoms with E-state index in [1.54, 1.807) is 13.8 Å². The van der Waals surface area contributed by atoms with Crippen molar-refractivity contribution in [3.8, 4) is 0 Å². The van der Waals surface area contributed by atoms with Crippen molar-refractivity contribution in [2.45, 2.75) is 38.7 Å². The van der Waals surface area contributed by atoms with E-state index < -0.39 is 21.6 Å². The molecule has 0 aliphatic heterocycles. The molecule has 0 saturated carbocycles. The first-order valence-electron chi connectivity index (χ1n) is 5.49. The number of carbonyl (C=O) groups excluding carboxylic acids is 1. The van der Waals surface area contributed by atoms with Gasteiger partial charge in [-0.3, -0.25) is 4.79 Å². The molecule has 0 aliphatic rings. The van der Waals surface area contributed by atoms with E-state index in [1.165, 1.54) is 7.11 Å². The first-order valence-corrected chi connectivity index (χ1v) is 7.14. The second kappa shape index (κ2) is 6.93. The second-order valence-corrected chi connectivity index (χ2v) is 6.10. The van der Waals surface area contributed by atoms with Gasteiger partial charge < -0.3 is 9.84 Å². The highest BCUT2D eigenvalue weighted by atomic mass is 32.2.